The molecule has 17 heavy (non-hydrogen) atoms. The van der Waals surface area contributed by atoms with Crippen molar-refractivity contribution < 1.29 is 0 Å². The smallest absolute Gasteiger partial charge is 0.159 e. The molecular weight excluding hydrogens is 236 g/mol. The number of halogens is 1. The minimum Gasteiger partial charge on any atom is -0.352 e. The monoisotopic (exact) mass is 248 g/mol. The highest BCUT2D eigenvalue weighted by atomic mass is 35.5. The highest BCUT2D eigenvalue weighted by molar-refractivity contribution is 6.34. The Bertz CT molecular complexity index is 537. The van der Waals surface area contributed by atoms with Gasteiger partial charge >= 0.3 is 0 Å². The average Bonchev–Trinajstić information content (AvgIpc) is 2.41. The second-order valence-electron chi connectivity index (χ2n) is 4.10. The van der Waals surface area contributed by atoms with Crippen LogP contribution in [0.15, 0.2) is 24.3 Å². The van der Waals surface area contributed by atoms with Crippen LogP contribution in [0.5, 0.6) is 0 Å². The zero-order chi connectivity index (χ0) is 11.7. The summed E-state index contributed by atoms with van der Waals surface area (Å²) in [5.74, 6) is 0.937. The number of anilines is 1. The van der Waals surface area contributed by atoms with Crippen LogP contribution in [0.25, 0.3) is 10.8 Å². The standard InChI is InChI=1S/C12H13ClN4/c13-11-9-3-1-2-4-10(9)12(16-15-11)17-7-5-14-6-8-17/h1-4,14H,5-8H2. The van der Waals surface area contributed by atoms with E-state index in [-0.39, 0.29) is 0 Å². The van der Waals surface area contributed by atoms with Crippen LogP contribution in [0.1, 0.15) is 0 Å². The molecular formula is C12H13ClN4. The van der Waals surface area contributed by atoms with E-state index in [1.807, 2.05) is 24.3 Å². The number of benzene rings is 1. The van der Waals surface area contributed by atoms with Crippen LogP contribution >= 0.6 is 11.6 Å². The minimum atomic E-state index is 0.472. The maximum atomic E-state index is 6.06. The number of nitrogens with one attached hydrogen (secondary N) is 1. The molecule has 5 heteroatoms. The van der Waals surface area contributed by atoms with Crippen molar-refractivity contribution in [3.8, 4) is 0 Å². The van der Waals surface area contributed by atoms with E-state index < -0.39 is 0 Å². The lowest BCUT2D eigenvalue weighted by atomic mass is 10.2. The lowest BCUT2D eigenvalue weighted by Gasteiger charge is -2.28. The predicted octanol–water partition coefficient (Wildman–Crippen LogP) is 1.69. The van der Waals surface area contributed by atoms with Gasteiger partial charge in [0.05, 0.1) is 0 Å². The van der Waals surface area contributed by atoms with Crippen molar-refractivity contribution in [1.29, 1.82) is 0 Å². The molecule has 0 unspecified atom stereocenters. The SMILES string of the molecule is Clc1nnc(N2CCNCC2)c2ccccc12. The third-order valence-electron chi connectivity index (χ3n) is 3.04. The van der Waals surface area contributed by atoms with Crippen LogP contribution in [0, 0.1) is 0 Å². The molecule has 88 valence electrons. The Morgan fingerprint density at radius 1 is 1.06 bits per heavy atom. The zero-order valence-corrected chi connectivity index (χ0v) is 10.1. The number of aromatic nitrogens is 2. The molecule has 1 aromatic carbocycles. The van der Waals surface area contributed by atoms with E-state index in [0.29, 0.717) is 5.15 Å². The van der Waals surface area contributed by atoms with E-state index in [4.69, 9.17) is 11.6 Å². The Labute approximate surface area is 105 Å². The average molecular weight is 249 g/mol. The summed E-state index contributed by atoms with van der Waals surface area (Å²) in [4.78, 5) is 2.25. The van der Waals surface area contributed by atoms with Crippen LogP contribution in [-0.4, -0.2) is 36.4 Å². The quantitative estimate of drug-likeness (QED) is 0.834. The van der Waals surface area contributed by atoms with Gasteiger partial charge in [-0.2, -0.15) is 0 Å². The van der Waals surface area contributed by atoms with Crippen LogP contribution in [0.4, 0.5) is 5.82 Å². The normalized spacial score (nSPS) is 16.4. The second kappa shape index (κ2) is 4.47. The molecule has 1 saturated heterocycles. The molecule has 1 aromatic heterocycles. The third-order valence-corrected chi connectivity index (χ3v) is 3.32. The van der Waals surface area contributed by atoms with Crippen molar-refractivity contribution >= 4 is 28.2 Å². The molecule has 0 aliphatic carbocycles. The topological polar surface area (TPSA) is 41.1 Å². The fourth-order valence-electron chi connectivity index (χ4n) is 2.17. The molecule has 0 bridgehead atoms. The first-order chi connectivity index (χ1) is 8.36. The fourth-order valence-corrected chi connectivity index (χ4v) is 2.37. The number of hydrogen-bond donors (Lipinski definition) is 1. The van der Waals surface area contributed by atoms with Crippen molar-refractivity contribution in [2.45, 2.75) is 0 Å². The summed E-state index contributed by atoms with van der Waals surface area (Å²) in [5.41, 5.74) is 0. The Kier molecular flexibility index (Phi) is 2.82. The summed E-state index contributed by atoms with van der Waals surface area (Å²) in [7, 11) is 0. The van der Waals surface area contributed by atoms with Crippen molar-refractivity contribution in [3.63, 3.8) is 0 Å². The maximum Gasteiger partial charge on any atom is 0.159 e. The summed E-state index contributed by atoms with van der Waals surface area (Å²) in [6.07, 6.45) is 0. The van der Waals surface area contributed by atoms with Gasteiger partial charge in [-0.15, -0.1) is 10.2 Å². The fraction of sp³-hybridized carbons (Fsp3) is 0.333. The molecule has 0 radical (unpaired) electrons. The predicted molar refractivity (Wildman–Crippen MR) is 69.6 cm³/mol. The molecule has 2 aromatic rings. The van der Waals surface area contributed by atoms with Crippen LogP contribution < -0.4 is 10.2 Å². The summed E-state index contributed by atoms with van der Waals surface area (Å²) in [6, 6.07) is 8.01. The van der Waals surface area contributed by atoms with Gasteiger partial charge in [-0.3, -0.25) is 0 Å². The van der Waals surface area contributed by atoms with Crippen molar-refractivity contribution in [3.05, 3.63) is 29.4 Å². The molecule has 1 N–H and O–H groups in total. The highest BCUT2D eigenvalue weighted by Crippen LogP contribution is 2.27. The molecule has 1 aliphatic rings. The van der Waals surface area contributed by atoms with Gasteiger partial charge in [0, 0.05) is 37.0 Å². The lowest BCUT2D eigenvalue weighted by Crippen LogP contribution is -2.44. The molecule has 0 amide bonds. The third kappa shape index (κ3) is 1.94. The first kappa shape index (κ1) is 10.7. The van der Waals surface area contributed by atoms with Gasteiger partial charge in [0.15, 0.2) is 11.0 Å². The van der Waals surface area contributed by atoms with Crippen LogP contribution in [0.2, 0.25) is 5.15 Å². The maximum absolute atomic E-state index is 6.06. The molecule has 4 nitrogen and oxygen atoms in total. The number of nitrogens with zero attached hydrogens (tertiary/aromatic N) is 3. The summed E-state index contributed by atoms with van der Waals surface area (Å²) in [5, 5.41) is 14.1. The van der Waals surface area contributed by atoms with Gasteiger partial charge in [-0.25, -0.2) is 0 Å². The highest BCUT2D eigenvalue weighted by Gasteiger charge is 2.16. The lowest BCUT2D eigenvalue weighted by molar-refractivity contribution is 0.584. The molecule has 1 fully saturated rings. The molecule has 0 spiro atoms. The largest absolute Gasteiger partial charge is 0.352 e. The van der Waals surface area contributed by atoms with Gasteiger partial charge in [0.1, 0.15) is 0 Å². The Hall–Kier alpha value is -1.39. The van der Waals surface area contributed by atoms with Gasteiger partial charge in [0.25, 0.3) is 0 Å². The minimum absolute atomic E-state index is 0.472. The summed E-state index contributed by atoms with van der Waals surface area (Å²) in [6.45, 7) is 3.89. The van der Waals surface area contributed by atoms with Gasteiger partial charge < -0.3 is 10.2 Å². The molecule has 3 rings (SSSR count). The van der Waals surface area contributed by atoms with Gasteiger partial charge in [-0.1, -0.05) is 35.9 Å². The Morgan fingerprint density at radius 2 is 1.76 bits per heavy atom. The van der Waals surface area contributed by atoms with Gasteiger partial charge in [0.2, 0.25) is 0 Å². The molecule has 0 saturated carbocycles. The first-order valence-electron chi connectivity index (χ1n) is 5.73. The number of hydrogen-bond acceptors (Lipinski definition) is 4. The van der Waals surface area contributed by atoms with Crippen LogP contribution in [-0.2, 0) is 0 Å². The van der Waals surface area contributed by atoms with Crippen molar-refractivity contribution in [1.82, 2.24) is 15.5 Å². The number of rotatable bonds is 1. The van der Waals surface area contributed by atoms with E-state index >= 15 is 0 Å². The first-order valence-corrected chi connectivity index (χ1v) is 6.10. The van der Waals surface area contributed by atoms with Crippen molar-refractivity contribution in [2.75, 3.05) is 31.1 Å². The van der Waals surface area contributed by atoms with E-state index in [0.717, 1.165) is 42.8 Å². The summed E-state index contributed by atoms with van der Waals surface area (Å²) < 4.78 is 0. The van der Waals surface area contributed by atoms with E-state index in [9.17, 15) is 0 Å². The van der Waals surface area contributed by atoms with E-state index in [2.05, 4.69) is 20.4 Å². The van der Waals surface area contributed by atoms with Crippen LogP contribution in [0.3, 0.4) is 0 Å². The van der Waals surface area contributed by atoms with Crippen molar-refractivity contribution in [2.24, 2.45) is 0 Å². The number of piperazine rings is 1. The molecule has 2 heterocycles. The van der Waals surface area contributed by atoms with E-state index in [1.165, 1.54) is 0 Å². The number of fused-ring (bicyclic) bond motifs is 1. The Balaban J connectivity index is 2.12. The molecule has 0 atom stereocenters. The second-order valence-corrected chi connectivity index (χ2v) is 4.46. The van der Waals surface area contributed by atoms with E-state index in [1.54, 1.807) is 0 Å². The summed E-state index contributed by atoms with van der Waals surface area (Å²) >= 11 is 6.06. The Morgan fingerprint density at radius 3 is 2.53 bits per heavy atom. The molecule has 1 aliphatic heterocycles. The zero-order valence-electron chi connectivity index (χ0n) is 9.36. The van der Waals surface area contributed by atoms with Gasteiger partial charge in [-0.05, 0) is 0 Å².